The van der Waals surface area contributed by atoms with Gasteiger partial charge in [0.15, 0.2) is 21.1 Å². The first kappa shape index (κ1) is 15.3. The second-order valence-corrected chi connectivity index (χ2v) is 7.07. The van der Waals surface area contributed by atoms with E-state index in [1.54, 1.807) is 0 Å². The van der Waals surface area contributed by atoms with Crippen LogP contribution in [-0.4, -0.2) is 69.4 Å². The zero-order valence-corrected chi connectivity index (χ0v) is 12.4. The van der Waals surface area contributed by atoms with Crippen LogP contribution in [0.5, 0.6) is 0 Å². The molecule has 1 fully saturated rings. The van der Waals surface area contributed by atoms with Crippen LogP contribution in [0.3, 0.4) is 0 Å². The van der Waals surface area contributed by atoms with Gasteiger partial charge in [-0.25, -0.2) is 18.4 Å². The lowest BCUT2D eigenvalue weighted by atomic mass is 10.1. The van der Waals surface area contributed by atoms with Gasteiger partial charge in [-0.05, 0) is 6.07 Å². The van der Waals surface area contributed by atoms with E-state index in [0.717, 1.165) is 12.6 Å². The summed E-state index contributed by atoms with van der Waals surface area (Å²) in [5.74, 6) is 0. The monoisotopic (exact) mass is 329 g/mol. The number of hydrogen-bond acceptors (Lipinski definition) is 8. The zero-order valence-electron chi connectivity index (χ0n) is 11.6. The molecule has 1 aliphatic rings. The summed E-state index contributed by atoms with van der Waals surface area (Å²) < 4.78 is 30.3. The third-order valence-corrected chi connectivity index (χ3v) is 4.64. The van der Waals surface area contributed by atoms with Gasteiger partial charge in [-0.1, -0.05) is 0 Å². The number of rotatable bonds is 3. The fourth-order valence-corrected chi connectivity index (χ4v) is 3.36. The van der Waals surface area contributed by atoms with Crippen molar-refractivity contribution in [1.82, 2.24) is 14.5 Å². The molecule has 4 atom stereocenters. The van der Waals surface area contributed by atoms with Crippen molar-refractivity contribution in [3.05, 3.63) is 18.6 Å². The molecule has 10 heteroatoms. The predicted molar refractivity (Wildman–Crippen MR) is 73.6 cm³/mol. The predicted octanol–water partition coefficient (Wildman–Crippen LogP) is -1.55. The molecule has 0 saturated carbocycles. The molecule has 1 aliphatic heterocycles. The molecule has 22 heavy (non-hydrogen) atoms. The van der Waals surface area contributed by atoms with Crippen LogP contribution in [0, 0.1) is 0 Å². The van der Waals surface area contributed by atoms with E-state index in [9.17, 15) is 18.6 Å². The molecule has 9 nitrogen and oxygen atoms in total. The fourth-order valence-electron chi connectivity index (χ4n) is 2.56. The first-order valence-corrected chi connectivity index (χ1v) is 8.38. The van der Waals surface area contributed by atoms with Crippen LogP contribution < -0.4 is 0 Å². The lowest BCUT2D eigenvalue weighted by molar-refractivity contribution is -0.0508. The summed E-state index contributed by atoms with van der Waals surface area (Å²) >= 11 is 0. The highest BCUT2D eigenvalue weighted by Crippen LogP contribution is 2.32. The van der Waals surface area contributed by atoms with E-state index in [1.807, 2.05) is 0 Å². The summed E-state index contributed by atoms with van der Waals surface area (Å²) in [6.45, 7) is -0.447. The number of fused-ring (bicyclic) bond motifs is 1. The lowest BCUT2D eigenvalue weighted by Crippen LogP contribution is -2.33. The van der Waals surface area contributed by atoms with Crippen molar-refractivity contribution < 1.29 is 28.5 Å². The molecule has 0 radical (unpaired) electrons. The van der Waals surface area contributed by atoms with Gasteiger partial charge in [0.25, 0.3) is 0 Å². The summed E-state index contributed by atoms with van der Waals surface area (Å²) in [6, 6.07) is 1.50. The molecule has 0 bridgehead atoms. The number of sulfone groups is 1. The van der Waals surface area contributed by atoms with Crippen molar-refractivity contribution in [2.45, 2.75) is 29.6 Å². The van der Waals surface area contributed by atoms with E-state index in [0.29, 0.717) is 5.39 Å². The molecule has 2 aromatic heterocycles. The highest BCUT2D eigenvalue weighted by atomic mass is 32.2. The molecule has 1 saturated heterocycles. The van der Waals surface area contributed by atoms with Crippen molar-refractivity contribution >= 4 is 20.9 Å². The van der Waals surface area contributed by atoms with E-state index in [-0.39, 0.29) is 10.7 Å². The van der Waals surface area contributed by atoms with E-state index >= 15 is 0 Å². The molecule has 3 rings (SSSR count). The van der Waals surface area contributed by atoms with Gasteiger partial charge in [0.05, 0.1) is 12.0 Å². The smallest absolute Gasteiger partial charge is 0.193 e. The number of aromatic nitrogens is 3. The number of aliphatic hydroxyl groups excluding tert-OH is 3. The van der Waals surface area contributed by atoms with Crippen LogP contribution in [0.25, 0.3) is 11.0 Å². The van der Waals surface area contributed by atoms with Crippen molar-refractivity contribution in [1.29, 1.82) is 0 Å². The van der Waals surface area contributed by atoms with E-state index < -0.39 is 41.0 Å². The van der Waals surface area contributed by atoms with Crippen LogP contribution in [0.4, 0.5) is 0 Å². The Labute approximate surface area is 125 Å². The third kappa shape index (κ3) is 2.29. The molecule has 3 heterocycles. The number of nitrogens with zero attached hydrogens (tertiary/aromatic N) is 3. The maximum atomic E-state index is 11.7. The number of ether oxygens (including phenoxy) is 1. The molecule has 3 N–H and O–H groups in total. The van der Waals surface area contributed by atoms with Crippen molar-refractivity contribution in [2.24, 2.45) is 0 Å². The van der Waals surface area contributed by atoms with Crippen molar-refractivity contribution in [3.63, 3.8) is 0 Å². The van der Waals surface area contributed by atoms with Crippen LogP contribution in [0.1, 0.15) is 6.23 Å². The summed E-state index contributed by atoms with van der Waals surface area (Å²) in [5, 5.41) is 29.2. The zero-order chi connectivity index (χ0) is 16.1. The standard InChI is InChI=1S/C12H15N3O6S/c1-22(19,20)11-6-2-3-15(10(6)13-5-14-11)12-9(18)8(17)7(4-16)21-12/h2-3,5,7-9,12,16-18H,4H2,1H3/t7-,8-,9-,12+/m1/s1. The quantitative estimate of drug-likeness (QED) is 0.576. The molecule has 0 amide bonds. The van der Waals surface area contributed by atoms with Gasteiger partial charge in [0, 0.05) is 12.5 Å². The van der Waals surface area contributed by atoms with Crippen LogP contribution in [0.2, 0.25) is 0 Å². The number of aliphatic hydroxyl groups is 3. The Hall–Kier alpha value is -1.59. The van der Waals surface area contributed by atoms with E-state index in [1.165, 1.54) is 16.8 Å². The molecular weight excluding hydrogens is 314 g/mol. The fraction of sp³-hybridized carbons (Fsp3) is 0.500. The molecule has 0 unspecified atom stereocenters. The lowest BCUT2D eigenvalue weighted by Gasteiger charge is -2.17. The summed E-state index contributed by atoms with van der Waals surface area (Å²) in [7, 11) is -3.54. The average Bonchev–Trinajstić information content (AvgIpc) is 3.00. The van der Waals surface area contributed by atoms with Crippen molar-refractivity contribution in [3.8, 4) is 0 Å². The first-order chi connectivity index (χ1) is 10.3. The highest BCUT2D eigenvalue weighted by molar-refractivity contribution is 7.90. The second-order valence-electron chi connectivity index (χ2n) is 5.14. The minimum absolute atomic E-state index is 0.122. The van der Waals surface area contributed by atoms with Gasteiger partial charge in [-0.3, -0.25) is 0 Å². The Bertz CT molecular complexity index is 804. The van der Waals surface area contributed by atoms with Gasteiger partial charge < -0.3 is 24.6 Å². The Balaban J connectivity index is 2.11. The van der Waals surface area contributed by atoms with Crippen LogP contribution in [-0.2, 0) is 14.6 Å². The Kier molecular flexibility index (Phi) is 3.65. The topological polar surface area (TPSA) is 135 Å². The summed E-state index contributed by atoms with van der Waals surface area (Å²) in [5.41, 5.74) is 0.255. The Morgan fingerprint density at radius 1 is 1.32 bits per heavy atom. The average molecular weight is 329 g/mol. The van der Waals surface area contributed by atoms with Crippen LogP contribution in [0.15, 0.2) is 23.6 Å². The first-order valence-electron chi connectivity index (χ1n) is 6.48. The Morgan fingerprint density at radius 3 is 2.64 bits per heavy atom. The van der Waals surface area contributed by atoms with E-state index in [2.05, 4.69) is 9.97 Å². The van der Waals surface area contributed by atoms with Gasteiger partial charge in [0.2, 0.25) is 0 Å². The third-order valence-electron chi connectivity index (χ3n) is 3.62. The molecular formula is C12H15N3O6S. The molecule has 2 aromatic rings. The largest absolute Gasteiger partial charge is 0.394 e. The minimum Gasteiger partial charge on any atom is -0.394 e. The number of hydrogen-bond donors (Lipinski definition) is 3. The summed E-state index contributed by atoms with van der Waals surface area (Å²) in [4.78, 5) is 7.80. The van der Waals surface area contributed by atoms with Crippen molar-refractivity contribution in [2.75, 3.05) is 12.9 Å². The summed E-state index contributed by atoms with van der Waals surface area (Å²) in [6.07, 6.45) is -0.780. The van der Waals surface area contributed by atoms with E-state index in [4.69, 9.17) is 9.84 Å². The van der Waals surface area contributed by atoms with Gasteiger partial charge >= 0.3 is 0 Å². The highest BCUT2D eigenvalue weighted by Gasteiger charge is 2.43. The molecule has 0 spiro atoms. The van der Waals surface area contributed by atoms with Gasteiger partial charge in [-0.15, -0.1) is 0 Å². The van der Waals surface area contributed by atoms with Gasteiger partial charge in [-0.2, -0.15) is 0 Å². The molecule has 120 valence electrons. The normalized spacial score (nSPS) is 29.3. The molecule has 0 aliphatic carbocycles. The molecule has 0 aromatic carbocycles. The maximum Gasteiger partial charge on any atom is 0.193 e. The minimum atomic E-state index is -3.54. The Morgan fingerprint density at radius 2 is 2.05 bits per heavy atom. The maximum absolute atomic E-state index is 11.7. The SMILES string of the molecule is CS(=O)(=O)c1ncnc2c1ccn2[C@H]1O[C@H](CO)[C@@H](O)[C@H]1O. The van der Waals surface area contributed by atoms with Crippen LogP contribution >= 0.6 is 0 Å². The van der Waals surface area contributed by atoms with Gasteiger partial charge in [0.1, 0.15) is 30.3 Å². The second kappa shape index (κ2) is 5.25.